The van der Waals surface area contributed by atoms with Crippen molar-refractivity contribution >= 4 is 21.5 Å². The fourth-order valence-corrected chi connectivity index (χ4v) is 3.20. The summed E-state index contributed by atoms with van der Waals surface area (Å²) in [7, 11) is -3.22. The smallest absolute Gasteiger partial charge is 0.246 e. The maximum absolute atomic E-state index is 13.7. The van der Waals surface area contributed by atoms with Gasteiger partial charge in [0.1, 0.15) is 5.82 Å². The highest BCUT2D eigenvalue weighted by Gasteiger charge is 2.25. The molecule has 0 N–H and O–H groups in total. The first-order chi connectivity index (χ1) is 10.3. The molecule has 7 heteroatoms. The van der Waals surface area contributed by atoms with E-state index in [1.807, 2.05) is 0 Å². The van der Waals surface area contributed by atoms with E-state index >= 15 is 0 Å². The number of amides is 1. The molecule has 1 fully saturated rings. The zero-order valence-corrected chi connectivity index (χ0v) is 13.4. The molecule has 0 saturated carbocycles. The van der Waals surface area contributed by atoms with Gasteiger partial charge in [0.15, 0.2) is 0 Å². The molecule has 0 aromatic heterocycles. The fourth-order valence-electron chi connectivity index (χ4n) is 2.38. The summed E-state index contributed by atoms with van der Waals surface area (Å²) in [6.07, 6.45) is 2.56. The number of sulfonamides is 1. The molecule has 22 heavy (non-hydrogen) atoms. The minimum absolute atomic E-state index is 0.228. The Morgan fingerprint density at radius 2 is 1.77 bits per heavy atom. The zero-order valence-electron chi connectivity index (χ0n) is 12.6. The van der Waals surface area contributed by atoms with Gasteiger partial charge < -0.3 is 4.90 Å². The summed E-state index contributed by atoms with van der Waals surface area (Å²) < 4.78 is 37.9. The lowest BCUT2D eigenvalue weighted by molar-refractivity contribution is -0.127. The minimum Gasteiger partial charge on any atom is -0.337 e. The SMILES string of the molecule is CC(=CC(=O)N1CCN(S(C)(=O)=O)CC1)c1ccccc1F. The van der Waals surface area contributed by atoms with E-state index in [4.69, 9.17) is 0 Å². The number of carbonyl (C=O) groups is 1. The Morgan fingerprint density at radius 3 is 2.32 bits per heavy atom. The van der Waals surface area contributed by atoms with E-state index in [1.54, 1.807) is 30.0 Å². The maximum Gasteiger partial charge on any atom is 0.246 e. The molecule has 1 saturated heterocycles. The Hall–Kier alpha value is -1.73. The molecule has 2 rings (SSSR count). The molecule has 1 aliphatic heterocycles. The van der Waals surface area contributed by atoms with Gasteiger partial charge >= 0.3 is 0 Å². The van der Waals surface area contributed by atoms with Crippen molar-refractivity contribution in [1.29, 1.82) is 0 Å². The molecule has 1 heterocycles. The number of rotatable bonds is 3. The van der Waals surface area contributed by atoms with E-state index in [2.05, 4.69) is 0 Å². The third-order valence-corrected chi connectivity index (χ3v) is 4.96. The van der Waals surface area contributed by atoms with Crippen LogP contribution in [0.25, 0.3) is 5.57 Å². The van der Waals surface area contributed by atoms with Gasteiger partial charge in [-0.1, -0.05) is 18.2 Å². The van der Waals surface area contributed by atoms with Crippen LogP contribution in [0.1, 0.15) is 12.5 Å². The molecule has 1 amide bonds. The van der Waals surface area contributed by atoms with Crippen LogP contribution in [0.3, 0.4) is 0 Å². The van der Waals surface area contributed by atoms with Gasteiger partial charge in [-0.3, -0.25) is 4.79 Å². The lowest BCUT2D eigenvalue weighted by Gasteiger charge is -2.32. The van der Waals surface area contributed by atoms with Crippen molar-refractivity contribution in [3.8, 4) is 0 Å². The number of hydrogen-bond donors (Lipinski definition) is 0. The van der Waals surface area contributed by atoms with Gasteiger partial charge in [0, 0.05) is 37.8 Å². The summed E-state index contributed by atoms with van der Waals surface area (Å²) in [5.74, 6) is -0.597. The van der Waals surface area contributed by atoms with E-state index < -0.39 is 10.0 Å². The number of piperazine rings is 1. The van der Waals surface area contributed by atoms with Crippen LogP contribution in [0.15, 0.2) is 30.3 Å². The lowest BCUT2D eigenvalue weighted by atomic mass is 10.1. The number of benzene rings is 1. The van der Waals surface area contributed by atoms with Crippen LogP contribution in [0.2, 0.25) is 0 Å². The Bertz CT molecular complexity index is 692. The van der Waals surface area contributed by atoms with Crippen LogP contribution >= 0.6 is 0 Å². The summed E-state index contributed by atoms with van der Waals surface area (Å²) in [4.78, 5) is 13.8. The van der Waals surface area contributed by atoms with Crippen molar-refractivity contribution in [1.82, 2.24) is 9.21 Å². The van der Waals surface area contributed by atoms with E-state index in [1.165, 1.54) is 16.4 Å². The van der Waals surface area contributed by atoms with Crippen molar-refractivity contribution in [2.75, 3.05) is 32.4 Å². The number of hydrogen-bond acceptors (Lipinski definition) is 3. The topological polar surface area (TPSA) is 57.7 Å². The van der Waals surface area contributed by atoms with Crippen molar-refractivity contribution in [3.05, 3.63) is 41.7 Å². The van der Waals surface area contributed by atoms with Crippen LogP contribution in [0, 0.1) is 5.82 Å². The first-order valence-electron chi connectivity index (χ1n) is 6.96. The average Bonchev–Trinajstić information content (AvgIpc) is 2.46. The monoisotopic (exact) mass is 326 g/mol. The van der Waals surface area contributed by atoms with Crippen LogP contribution in [0.4, 0.5) is 4.39 Å². The van der Waals surface area contributed by atoms with Crippen LogP contribution in [-0.2, 0) is 14.8 Å². The highest BCUT2D eigenvalue weighted by atomic mass is 32.2. The standard InChI is InChI=1S/C15H19FN2O3S/c1-12(13-5-3-4-6-14(13)16)11-15(19)17-7-9-18(10-8-17)22(2,20)21/h3-6,11H,7-10H2,1-2H3. The second-order valence-corrected chi connectivity index (χ2v) is 7.28. The largest absolute Gasteiger partial charge is 0.337 e. The minimum atomic E-state index is -3.22. The van der Waals surface area contributed by atoms with E-state index in [0.717, 1.165) is 6.26 Å². The van der Waals surface area contributed by atoms with Gasteiger partial charge in [-0.05, 0) is 18.6 Å². The molecule has 0 radical (unpaired) electrons. The summed E-state index contributed by atoms with van der Waals surface area (Å²) in [5.41, 5.74) is 0.944. The summed E-state index contributed by atoms with van der Waals surface area (Å²) >= 11 is 0. The molecule has 120 valence electrons. The van der Waals surface area contributed by atoms with Gasteiger partial charge in [0.2, 0.25) is 15.9 Å². The van der Waals surface area contributed by atoms with Crippen molar-refractivity contribution < 1.29 is 17.6 Å². The number of carbonyl (C=O) groups excluding carboxylic acids is 1. The van der Waals surface area contributed by atoms with E-state index in [0.29, 0.717) is 24.2 Å². The molecule has 0 bridgehead atoms. The Labute approximate surface area is 130 Å². The quantitative estimate of drug-likeness (QED) is 0.788. The second kappa shape index (κ2) is 6.58. The third-order valence-electron chi connectivity index (χ3n) is 3.66. The number of nitrogens with zero attached hydrogens (tertiary/aromatic N) is 2. The lowest BCUT2D eigenvalue weighted by Crippen LogP contribution is -2.49. The average molecular weight is 326 g/mol. The van der Waals surface area contributed by atoms with Crippen molar-refractivity contribution in [3.63, 3.8) is 0 Å². The second-order valence-electron chi connectivity index (χ2n) is 5.29. The molecule has 1 aromatic rings. The van der Waals surface area contributed by atoms with Gasteiger partial charge in [-0.15, -0.1) is 0 Å². The molecule has 0 spiro atoms. The highest BCUT2D eigenvalue weighted by Crippen LogP contribution is 2.18. The molecular formula is C15H19FN2O3S. The molecule has 1 aromatic carbocycles. The first-order valence-corrected chi connectivity index (χ1v) is 8.81. The zero-order chi connectivity index (χ0) is 16.3. The van der Waals surface area contributed by atoms with E-state index in [9.17, 15) is 17.6 Å². The highest BCUT2D eigenvalue weighted by molar-refractivity contribution is 7.88. The summed E-state index contributed by atoms with van der Waals surface area (Å²) in [6.45, 7) is 2.94. The number of allylic oxidation sites excluding steroid dienone is 1. The third kappa shape index (κ3) is 3.92. The van der Waals surface area contributed by atoms with Gasteiger partial charge in [0.05, 0.1) is 6.26 Å². The van der Waals surface area contributed by atoms with Crippen LogP contribution in [-0.4, -0.2) is 56.0 Å². The Morgan fingerprint density at radius 1 is 1.18 bits per heavy atom. The predicted molar refractivity (Wildman–Crippen MR) is 83.0 cm³/mol. The van der Waals surface area contributed by atoms with Gasteiger partial charge in [0.25, 0.3) is 0 Å². The fraction of sp³-hybridized carbons (Fsp3) is 0.400. The first kappa shape index (κ1) is 16.6. The molecule has 0 aliphatic carbocycles. The normalized spacial score (nSPS) is 17.6. The van der Waals surface area contributed by atoms with Crippen molar-refractivity contribution in [2.24, 2.45) is 0 Å². The van der Waals surface area contributed by atoms with Crippen molar-refractivity contribution in [2.45, 2.75) is 6.92 Å². The molecule has 0 unspecified atom stereocenters. The van der Waals surface area contributed by atoms with Crippen LogP contribution < -0.4 is 0 Å². The maximum atomic E-state index is 13.7. The molecular weight excluding hydrogens is 307 g/mol. The molecule has 5 nitrogen and oxygen atoms in total. The molecule has 1 aliphatic rings. The van der Waals surface area contributed by atoms with Gasteiger partial charge in [-0.25, -0.2) is 12.8 Å². The predicted octanol–water partition coefficient (Wildman–Crippen LogP) is 1.33. The van der Waals surface area contributed by atoms with Gasteiger partial charge in [-0.2, -0.15) is 4.31 Å². The Balaban J connectivity index is 2.05. The summed E-state index contributed by atoms with van der Waals surface area (Å²) in [5, 5.41) is 0. The van der Waals surface area contributed by atoms with Crippen LogP contribution in [0.5, 0.6) is 0 Å². The molecule has 0 atom stereocenters. The summed E-state index contributed by atoms with van der Waals surface area (Å²) in [6, 6.07) is 6.28. The Kier molecular flexibility index (Phi) is 4.97. The number of halogens is 1. The van der Waals surface area contributed by atoms with E-state index in [-0.39, 0.29) is 24.8 Å².